The molecule has 2 aromatic carbocycles. The molecule has 0 saturated carbocycles. The first-order valence-corrected chi connectivity index (χ1v) is 11.2. The molecule has 1 fully saturated rings. The lowest BCUT2D eigenvalue weighted by Gasteiger charge is -2.23. The van der Waals surface area contributed by atoms with Crippen molar-refractivity contribution in [1.29, 1.82) is 0 Å². The number of rotatable bonds is 5. The van der Waals surface area contributed by atoms with Crippen molar-refractivity contribution in [2.45, 2.75) is 13.0 Å². The van der Waals surface area contributed by atoms with Gasteiger partial charge in [-0.05, 0) is 48.9 Å². The van der Waals surface area contributed by atoms with Gasteiger partial charge in [0.2, 0.25) is 0 Å². The Balaban J connectivity index is 1.92. The highest BCUT2D eigenvalue weighted by atomic mass is 35.5. The Morgan fingerprint density at radius 3 is 2.47 bits per heavy atom. The Morgan fingerprint density at radius 1 is 1.15 bits per heavy atom. The Bertz CT molecular complexity index is 1330. The third kappa shape index (κ3) is 4.04. The Morgan fingerprint density at radius 2 is 1.85 bits per heavy atom. The van der Waals surface area contributed by atoms with Crippen LogP contribution in [0.3, 0.4) is 0 Å². The summed E-state index contributed by atoms with van der Waals surface area (Å²) < 4.78 is 9.94. The van der Waals surface area contributed by atoms with E-state index in [1.807, 2.05) is 0 Å². The van der Waals surface area contributed by atoms with Crippen LogP contribution in [-0.4, -0.2) is 42.0 Å². The summed E-state index contributed by atoms with van der Waals surface area (Å²) >= 11 is 7.13. The zero-order valence-electron chi connectivity index (χ0n) is 18.4. The van der Waals surface area contributed by atoms with Gasteiger partial charge >= 0.3 is 11.9 Å². The molecular formula is C24H19ClN2O6S. The zero-order chi connectivity index (χ0) is 24.6. The SMILES string of the molecule is COC(=O)c1sc(N2C(=O)C(=O)C(=C(O)c3ccc(OC)cc3)[C@H]2c2cccc(Cl)c2)nc1C. The van der Waals surface area contributed by atoms with E-state index in [1.54, 1.807) is 55.5 Å². The van der Waals surface area contributed by atoms with Crippen LogP contribution in [0.25, 0.3) is 5.76 Å². The normalized spacial score (nSPS) is 17.2. The molecule has 0 bridgehead atoms. The number of aliphatic hydroxyl groups excluding tert-OH is 1. The largest absolute Gasteiger partial charge is 0.507 e. The van der Waals surface area contributed by atoms with Gasteiger partial charge < -0.3 is 14.6 Å². The average Bonchev–Trinajstić information content (AvgIpc) is 3.35. The number of hydrogen-bond acceptors (Lipinski definition) is 8. The maximum Gasteiger partial charge on any atom is 0.350 e. The predicted molar refractivity (Wildman–Crippen MR) is 127 cm³/mol. The van der Waals surface area contributed by atoms with E-state index >= 15 is 0 Å². The van der Waals surface area contributed by atoms with Crippen molar-refractivity contribution < 1.29 is 29.0 Å². The summed E-state index contributed by atoms with van der Waals surface area (Å²) in [5.41, 5.74) is 1.06. The highest BCUT2D eigenvalue weighted by Crippen LogP contribution is 2.44. The molecule has 1 N–H and O–H groups in total. The van der Waals surface area contributed by atoms with Crippen LogP contribution in [0.15, 0.2) is 54.1 Å². The first-order chi connectivity index (χ1) is 16.3. The summed E-state index contributed by atoms with van der Waals surface area (Å²) in [4.78, 5) is 44.3. The number of aliphatic hydroxyl groups is 1. The van der Waals surface area contributed by atoms with Gasteiger partial charge in [-0.3, -0.25) is 14.5 Å². The number of ketones is 1. The number of anilines is 1. The molecule has 10 heteroatoms. The van der Waals surface area contributed by atoms with Gasteiger partial charge in [-0.25, -0.2) is 9.78 Å². The number of Topliss-reactive ketones (excluding diaryl/α,β-unsaturated/α-hetero) is 1. The van der Waals surface area contributed by atoms with Crippen LogP contribution in [0.4, 0.5) is 5.13 Å². The standard InChI is InChI=1S/C24H19ClN2O6S/c1-12-21(23(31)33-3)34-24(26-12)27-18(14-5-4-6-15(25)11-14)17(20(29)22(27)30)19(28)13-7-9-16(32-2)10-8-13/h4-11,18,28H,1-3H3/t18-/m1/s1. The van der Waals surface area contributed by atoms with Gasteiger partial charge in [0.05, 0.1) is 31.5 Å². The number of benzene rings is 2. The Hall–Kier alpha value is -3.69. The number of hydrogen-bond donors (Lipinski definition) is 1. The van der Waals surface area contributed by atoms with Gasteiger partial charge in [0.1, 0.15) is 16.4 Å². The number of methoxy groups -OCH3 is 2. The molecule has 1 saturated heterocycles. The summed E-state index contributed by atoms with van der Waals surface area (Å²) in [7, 11) is 2.76. The monoisotopic (exact) mass is 498 g/mol. The molecule has 0 radical (unpaired) electrons. The maximum absolute atomic E-state index is 13.2. The smallest absolute Gasteiger partial charge is 0.350 e. The quantitative estimate of drug-likeness (QED) is 0.238. The molecule has 0 aliphatic carbocycles. The summed E-state index contributed by atoms with van der Waals surface area (Å²) in [5, 5.41) is 11.6. The van der Waals surface area contributed by atoms with E-state index in [0.29, 0.717) is 27.6 Å². The van der Waals surface area contributed by atoms with Gasteiger partial charge in [-0.15, -0.1) is 0 Å². The molecule has 3 aromatic rings. The molecule has 1 amide bonds. The zero-order valence-corrected chi connectivity index (χ0v) is 19.9. The van der Waals surface area contributed by atoms with Crippen LogP contribution < -0.4 is 9.64 Å². The lowest BCUT2D eigenvalue weighted by Crippen LogP contribution is -2.29. The molecule has 1 aliphatic rings. The van der Waals surface area contributed by atoms with Gasteiger partial charge in [0.15, 0.2) is 5.13 Å². The Kier molecular flexibility index (Phi) is 6.41. The topological polar surface area (TPSA) is 106 Å². The fourth-order valence-corrected chi connectivity index (χ4v) is 4.90. The van der Waals surface area contributed by atoms with Gasteiger partial charge in [0.25, 0.3) is 5.78 Å². The van der Waals surface area contributed by atoms with Crippen molar-refractivity contribution in [3.8, 4) is 5.75 Å². The molecule has 1 atom stereocenters. The number of halogens is 1. The second-order valence-electron chi connectivity index (χ2n) is 7.36. The molecule has 8 nitrogen and oxygen atoms in total. The molecule has 1 aromatic heterocycles. The number of ether oxygens (including phenoxy) is 2. The second-order valence-corrected chi connectivity index (χ2v) is 8.77. The molecule has 1 aliphatic heterocycles. The first-order valence-electron chi connectivity index (χ1n) is 10.0. The lowest BCUT2D eigenvalue weighted by molar-refractivity contribution is -0.132. The second kappa shape index (κ2) is 9.28. The van der Waals surface area contributed by atoms with Crippen molar-refractivity contribution >= 4 is 51.5 Å². The van der Waals surface area contributed by atoms with Crippen LogP contribution in [0.5, 0.6) is 5.75 Å². The van der Waals surface area contributed by atoms with Crippen molar-refractivity contribution in [2.75, 3.05) is 19.1 Å². The van der Waals surface area contributed by atoms with E-state index in [1.165, 1.54) is 19.1 Å². The minimum Gasteiger partial charge on any atom is -0.507 e. The van der Waals surface area contributed by atoms with Gasteiger partial charge in [0, 0.05) is 10.6 Å². The van der Waals surface area contributed by atoms with E-state index in [9.17, 15) is 19.5 Å². The summed E-state index contributed by atoms with van der Waals surface area (Å²) in [5.74, 6) is -2.15. The Labute approximate surface area is 204 Å². The van der Waals surface area contributed by atoms with Crippen LogP contribution in [-0.2, 0) is 14.3 Å². The van der Waals surface area contributed by atoms with E-state index in [0.717, 1.165) is 11.3 Å². The van der Waals surface area contributed by atoms with E-state index < -0.39 is 23.7 Å². The molecule has 34 heavy (non-hydrogen) atoms. The molecule has 4 rings (SSSR count). The maximum atomic E-state index is 13.2. The fourth-order valence-electron chi connectivity index (χ4n) is 3.69. The molecular weight excluding hydrogens is 480 g/mol. The number of carbonyl (C=O) groups is 3. The first kappa shape index (κ1) is 23.5. The number of amides is 1. The van der Waals surface area contributed by atoms with Gasteiger partial charge in [-0.1, -0.05) is 35.1 Å². The van der Waals surface area contributed by atoms with E-state index in [4.69, 9.17) is 21.1 Å². The van der Waals surface area contributed by atoms with E-state index in [2.05, 4.69) is 4.98 Å². The van der Waals surface area contributed by atoms with Crippen molar-refractivity contribution in [2.24, 2.45) is 0 Å². The number of aromatic nitrogens is 1. The van der Waals surface area contributed by atoms with Crippen LogP contribution in [0, 0.1) is 6.92 Å². The van der Waals surface area contributed by atoms with Crippen molar-refractivity contribution in [3.05, 3.63) is 80.8 Å². The van der Waals surface area contributed by atoms with Crippen LogP contribution in [0.1, 0.15) is 32.5 Å². The fraction of sp³-hybridized carbons (Fsp3) is 0.167. The number of nitrogens with zero attached hydrogens (tertiary/aromatic N) is 2. The molecule has 0 unspecified atom stereocenters. The minimum absolute atomic E-state index is 0.120. The molecule has 0 spiro atoms. The lowest BCUT2D eigenvalue weighted by atomic mass is 9.95. The number of carbonyl (C=O) groups excluding carboxylic acids is 3. The van der Waals surface area contributed by atoms with Crippen LogP contribution >= 0.6 is 22.9 Å². The molecule has 2 heterocycles. The summed E-state index contributed by atoms with van der Waals surface area (Å²) in [6.45, 7) is 1.61. The van der Waals surface area contributed by atoms with Crippen molar-refractivity contribution in [1.82, 2.24) is 4.98 Å². The number of aryl methyl sites for hydroxylation is 1. The minimum atomic E-state index is -1.02. The third-order valence-electron chi connectivity index (χ3n) is 5.33. The van der Waals surface area contributed by atoms with Crippen LogP contribution in [0.2, 0.25) is 5.02 Å². The number of esters is 1. The third-order valence-corrected chi connectivity index (χ3v) is 6.71. The predicted octanol–water partition coefficient (Wildman–Crippen LogP) is 4.53. The highest BCUT2D eigenvalue weighted by Gasteiger charge is 2.48. The van der Waals surface area contributed by atoms with Crippen molar-refractivity contribution in [3.63, 3.8) is 0 Å². The number of thiazole rings is 1. The summed E-state index contributed by atoms with van der Waals surface area (Å²) in [6, 6.07) is 12.0. The molecule has 174 valence electrons. The van der Waals surface area contributed by atoms with E-state index in [-0.39, 0.29) is 21.3 Å². The average molecular weight is 499 g/mol. The highest BCUT2D eigenvalue weighted by molar-refractivity contribution is 7.17. The van der Waals surface area contributed by atoms with Gasteiger partial charge in [-0.2, -0.15) is 0 Å². The summed E-state index contributed by atoms with van der Waals surface area (Å²) in [6.07, 6.45) is 0.